The van der Waals surface area contributed by atoms with Crippen LogP contribution in [-0.2, 0) is 6.42 Å². The first-order valence-corrected chi connectivity index (χ1v) is 9.05. The van der Waals surface area contributed by atoms with Crippen molar-refractivity contribution in [2.24, 2.45) is 4.99 Å². The normalized spacial score (nSPS) is 20.2. The van der Waals surface area contributed by atoms with Gasteiger partial charge in [0.15, 0.2) is 11.5 Å². The van der Waals surface area contributed by atoms with Crippen LogP contribution >= 0.6 is 0 Å². The maximum Gasteiger partial charge on any atom is 0.231 e. The van der Waals surface area contributed by atoms with Gasteiger partial charge in [-0.25, -0.2) is 0 Å². The third-order valence-electron chi connectivity index (χ3n) is 5.24. The van der Waals surface area contributed by atoms with E-state index in [2.05, 4.69) is 35.2 Å². The summed E-state index contributed by atoms with van der Waals surface area (Å²) in [4.78, 5) is 7.13. The predicted molar refractivity (Wildman–Crippen MR) is 103 cm³/mol. The van der Waals surface area contributed by atoms with Crippen LogP contribution in [0.4, 0.5) is 5.69 Å². The highest BCUT2D eigenvalue weighted by molar-refractivity contribution is 5.90. The smallest absolute Gasteiger partial charge is 0.231 e. The molecule has 5 rings (SSSR count). The minimum absolute atomic E-state index is 0.284. The Labute approximate surface area is 152 Å². The van der Waals surface area contributed by atoms with Crippen molar-refractivity contribution in [3.63, 3.8) is 0 Å². The van der Waals surface area contributed by atoms with Crippen LogP contribution in [0.3, 0.4) is 0 Å². The van der Waals surface area contributed by atoms with Crippen molar-refractivity contribution < 1.29 is 9.47 Å². The number of rotatable bonds is 1. The van der Waals surface area contributed by atoms with E-state index in [1.165, 1.54) is 28.1 Å². The zero-order valence-electron chi connectivity index (χ0n) is 14.6. The summed E-state index contributed by atoms with van der Waals surface area (Å²) in [5, 5.41) is 0. The maximum atomic E-state index is 5.89. The van der Waals surface area contributed by atoms with E-state index in [-0.39, 0.29) is 6.79 Å². The van der Waals surface area contributed by atoms with Crippen molar-refractivity contribution in [2.75, 3.05) is 32.2 Å². The lowest BCUT2D eigenvalue weighted by Crippen LogP contribution is -2.29. The molecule has 0 atom stereocenters. The van der Waals surface area contributed by atoms with Crippen molar-refractivity contribution >= 4 is 17.1 Å². The molecule has 0 saturated heterocycles. The zero-order chi connectivity index (χ0) is 17.5. The third kappa shape index (κ3) is 2.60. The summed E-state index contributed by atoms with van der Waals surface area (Å²) in [7, 11) is 0. The Hall–Kier alpha value is -2.95. The van der Waals surface area contributed by atoms with Gasteiger partial charge < -0.3 is 20.1 Å². The Morgan fingerprint density at radius 1 is 1.00 bits per heavy atom. The van der Waals surface area contributed by atoms with Crippen LogP contribution in [0.25, 0.3) is 5.57 Å². The monoisotopic (exact) mass is 347 g/mol. The average Bonchev–Trinajstić information content (AvgIpc) is 3.28. The van der Waals surface area contributed by atoms with Crippen LogP contribution in [0, 0.1) is 0 Å². The van der Waals surface area contributed by atoms with Gasteiger partial charge in [0, 0.05) is 25.2 Å². The van der Waals surface area contributed by atoms with E-state index < -0.39 is 0 Å². The molecule has 0 spiro atoms. The van der Waals surface area contributed by atoms with Gasteiger partial charge in [0.25, 0.3) is 0 Å². The molecule has 3 heterocycles. The third-order valence-corrected chi connectivity index (χ3v) is 5.24. The first kappa shape index (κ1) is 15.3. The lowest BCUT2D eigenvalue weighted by Gasteiger charge is -2.19. The number of benzene rings is 2. The number of ether oxygens (including phenoxy) is 2. The molecule has 2 aromatic carbocycles. The first-order chi connectivity index (χ1) is 12.8. The summed E-state index contributed by atoms with van der Waals surface area (Å²) in [5.74, 6) is 2.82. The number of hydrogen-bond acceptors (Lipinski definition) is 5. The Bertz CT molecular complexity index is 916. The second-order valence-corrected chi connectivity index (χ2v) is 6.85. The van der Waals surface area contributed by atoms with E-state index in [4.69, 9.17) is 20.2 Å². The number of hydrogen-bond donors (Lipinski definition) is 1. The van der Waals surface area contributed by atoms with Gasteiger partial charge >= 0.3 is 0 Å². The van der Waals surface area contributed by atoms with Crippen molar-refractivity contribution in [1.29, 1.82) is 0 Å². The molecule has 0 aromatic heterocycles. The summed E-state index contributed by atoms with van der Waals surface area (Å²) >= 11 is 0. The summed E-state index contributed by atoms with van der Waals surface area (Å²) in [6, 6.07) is 12.3. The molecule has 0 unspecified atom stereocenters. The van der Waals surface area contributed by atoms with Crippen LogP contribution in [0.5, 0.6) is 11.5 Å². The van der Waals surface area contributed by atoms with Crippen LogP contribution < -0.4 is 15.2 Å². The number of amidine groups is 1. The molecular weight excluding hydrogens is 326 g/mol. The lowest BCUT2D eigenvalue weighted by molar-refractivity contribution is 0.174. The molecule has 0 saturated carbocycles. The number of anilines is 1. The fourth-order valence-corrected chi connectivity index (χ4v) is 3.90. The second-order valence-electron chi connectivity index (χ2n) is 6.85. The topological polar surface area (TPSA) is 60.1 Å². The molecule has 0 radical (unpaired) electrons. The highest BCUT2D eigenvalue weighted by atomic mass is 16.7. The molecule has 26 heavy (non-hydrogen) atoms. The molecular formula is C21H21N3O2. The largest absolute Gasteiger partial charge is 0.454 e. The summed E-state index contributed by atoms with van der Waals surface area (Å²) in [5.41, 5.74) is 11.5. The molecule has 3 aliphatic heterocycles. The number of nitrogen functional groups attached to an aromatic ring is 1. The summed E-state index contributed by atoms with van der Waals surface area (Å²) < 4.78 is 11.3. The number of aliphatic imine (C=N–C) groups is 1. The quantitative estimate of drug-likeness (QED) is 0.806. The Balaban J connectivity index is 1.67. The predicted octanol–water partition coefficient (Wildman–Crippen LogP) is 3.09. The van der Waals surface area contributed by atoms with Gasteiger partial charge in [-0.2, -0.15) is 0 Å². The van der Waals surface area contributed by atoms with Gasteiger partial charge in [-0.1, -0.05) is 18.2 Å². The van der Waals surface area contributed by atoms with Crippen LogP contribution in [0.1, 0.15) is 23.1 Å². The summed E-state index contributed by atoms with van der Waals surface area (Å²) in [6.07, 6.45) is 4.12. The van der Waals surface area contributed by atoms with Crippen LogP contribution in [0.2, 0.25) is 0 Å². The van der Waals surface area contributed by atoms with E-state index in [0.29, 0.717) is 0 Å². The van der Waals surface area contributed by atoms with Crippen molar-refractivity contribution in [3.8, 4) is 11.5 Å². The number of fused-ring (bicyclic) bond motifs is 3. The zero-order valence-corrected chi connectivity index (χ0v) is 14.6. The van der Waals surface area contributed by atoms with E-state index in [1.54, 1.807) is 0 Å². The average molecular weight is 347 g/mol. The standard InChI is InChI=1S/C21H21N3O2/c22-16-5-3-14(4-6-16)17-2-1-8-24-9-7-23-21(24)11-15-10-19-20(12-18(15)17)26-13-25-19/h2-6,10,12H,1,7-9,11,13,22H2/b17-2-. The Morgan fingerprint density at radius 2 is 1.81 bits per heavy atom. The van der Waals surface area contributed by atoms with Crippen molar-refractivity contribution in [3.05, 3.63) is 59.2 Å². The minimum atomic E-state index is 0.284. The Morgan fingerprint density at radius 3 is 2.65 bits per heavy atom. The fourth-order valence-electron chi connectivity index (χ4n) is 3.90. The van der Waals surface area contributed by atoms with Gasteiger partial charge in [0.2, 0.25) is 6.79 Å². The van der Waals surface area contributed by atoms with Gasteiger partial charge in [-0.15, -0.1) is 0 Å². The van der Waals surface area contributed by atoms with Gasteiger partial charge in [0.1, 0.15) is 5.84 Å². The van der Waals surface area contributed by atoms with E-state index in [9.17, 15) is 0 Å². The number of nitrogens with two attached hydrogens (primary N) is 1. The fraction of sp³-hybridized carbons (Fsp3) is 0.286. The van der Waals surface area contributed by atoms with Crippen molar-refractivity contribution in [2.45, 2.75) is 12.8 Å². The molecule has 0 amide bonds. The highest BCUT2D eigenvalue weighted by Crippen LogP contribution is 2.40. The van der Waals surface area contributed by atoms with E-state index >= 15 is 0 Å². The van der Waals surface area contributed by atoms with Gasteiger partial charge in [-0.05, 0) is 52.9 Å². The molecule has 132 valence electrons. The highest BCUT2D eigenvalue weighted by Gasteiger charge is 2.24. The first-order valence-electron chi connectivity index (χ1n) is 9.05. The molecule has 5 heteroatoms. The maximum absolute atomic E-state index is 5.89. The number of nitrogens with zero attached hydrogens (tertiary/aromatic N) is 2. The molecule has 0 aliphatic carbocycles. The SMILES string of the molecule is Nc1ccc(/C2=C/CCN3CCN=C3Cc3cc4c(cc32)OCO4)cc1. The van der Waals surface area contributed by atoms with Crippen molar-refractivity contribution in [1.82, 2.24) is 4.90 Å². The minimum Gasteiger partial charge on any atom is -0.454 e. The Kier molecular flexibility index (Phi) is 3.59. The summed E-state index contributed by atoms with van der Waals surface area (Å²) in [6.45, 7) is 3.19. The lowest BCUT2D eigenvalue weighted by atomic mass is 9.91. The van der Waals surface area contributed by atoms with Crippen LogP contribution in [-0.4, -0.2) is 37.2 Å². The molecule has 3 aliphatic rings. The molecule has 0 bridgehead atoms. The van der Waals surface area contributed by atoms with Gasteiger partial charge in [-0.3, -0.25) is 4.99 Å². The van der Waals surface area contributed by atoms with E-state index in [0.717, 1.165) is 49.7 Å². The van der Waals surface area contributed by atoms with E-state index in [1.807, 2.05) is 12.1 Å². The molecule has 2 aromatic rings. The van der Waals surface area contributed by atoms with Crippen LogP contribution in [0.15, 0.2) is 47.5 Å². The van der Waals surface area contributed by atoms with Gasteiger partial charge in [0.05, 0.1) is 6.54 Å². The second kappa shape index (κ2) is 6.09. The molecule has 2 N–H and O–H groups in total. The molecule has 0 fully saturated rings. The molecule has 5 nitrogen and oxygen atoms in total.